The summed E-state index contributed by atoms with van der Waals surface area (Å²) in [5, 5.41) is 4.06. The quantitative estimate of drug-likeness (QED) is 0.911. The van der Waals surface area contributed by atoms with Gasteiger partial charge in [-0.15, -0.1) is 0 Å². The molecule has 7 heteroatoms. The van der Waals surface area contributed by atoms with Crippen LogP contribution in [0.5, 0.6) is 0 Å². The van der Waals surface area contributed by atoms with Crippen molar-refractivity contribution in [3.63, 3.8) is 0 Å². The topological polar surface area (TPSA) is 94.1 Å². The molecule has 0 spiro atoms. The molecule has 1 aliphatic heterocycles. The lowest BCUT2D eigenvalue weighted by molar-refractivity contribution is -0.119. The van der Waals surface area contributed by atoms with E-state index in [-0.39, 0.29) is 11.8 Å². The molecule has 0 bridgehead atoms. The molecule has 0 aliphatic carbocycles. The average Bonchev–Trinajstić information content (AvgIpc) is 3.09. The van der Waals surface area contributed by atoms with E-state index in [1.807, 2.05) is 17.0 Å². The lowest BCUT2D eigenvalue weighted by Crippen LogP contribution is -2.39. The zero-order valence-corrected chi connectivity index (χ0v) is 12.8. The molecule has 23 heavy (non-hydrogen) atoms. The molecule has 0 radical (unpaired) electrons. The molecular formula is C16H19N5O2. The second-order valence-electron chi connectivity index (χ2n) is 5.79. The summed E-state index contributed by atoms with van der Waals surface area (Å²) in [7, 11) is 0. The molecule has 3 rings (SSSR count). The maximum Gasteiger partial charge on any atom is 0.253 e. The van der Waals surface area contributed by atoms with Gasteiger partial charge in [-0.2, -0.15) is 5.10 Å². The second kappa shape index (κ2) is 6.60. The van der Waals surface area contributed by atoms with Crippen LogP contribution in [0.1, 0.15) is 29.6 Å². The van der Waals surface area contributed by atoms with E-state index in [0.29, 0.717) is 31.0 Å². The molecule has 1 aliphatic rings. The third-order valence-corrected chi connectivity index (χ3v) is 4.19. The van der Waals surface area contributed by atoms with Crippen LogP contribution in [0.25, 0.3) is 5.69 Å². The van der Waals surface area contributed by atoms with Gasteiger partial charge in [0.2, 0.25) is 5.91 Å². The number of nitrogens with zero attached hydrogens (tertiary/aromatic N) is 4. The van der Waals surface area contributed by atoms with Crippen LogP contribution >= 0.6 is 0 Å². The van der Waals surface area contributed by atoms with Crippen molar-refractivity contribution in [2.45, 2.75) is 19.3 Å². The lowest BCUT2D eigenvalue weighted by Gasteiger charge is -2.31. The highest BCUT2D eigenvalue weighted by atomic mass is 16.2. The Morgan fingerprint density at radius 1 is 1.17 bits per heavy atom. The number of likely N-dealkylation sites (tertiary alicyclic amines) is 1. The Morgan fingerprint density at radius 3 is 2.43 bits per heavy atom. The summed E-state index contributed by atoms with van der Waals surface area (Å²) in [6, 6.07) is 7.30. The van der Waals surface area contributed by atoms with Crippen LogP contribution in [0.4, 0.5) is 0 Å². The van der Waals surface area contributed by atoms with Gasteiger partial charge in [-0.1, -0.05) is 0 Å². The standard InChI is InChI=1S/C16H19N5O2/c17-15(22)9-12-5-7-20(8-6-12)16(23)13-1-3-14(4-2-13)21-11-18-10-19-21/h1-4,10-12H,5-9H2,(H2,17,22). The number of primary amides is 1. The number of rotatable bonds is 4. The number of carbonyl (C=O) groups excluding carboxylic acids is 2. The number of aromatic nitrogens is 3. The van der Waals surface area contributed by atoms with E-state index >= 15 is 0 Å². The monoisotopic (exact) mass is 313 g/mol. The maximum atomic E-state index is 12.5. The van der Waals surface area contributed by atoms with Crippen LogP contribution in [0.15, 0.2) is 36.9 Å². The molecule has 7 nitrogen and oxygen atoms in total. The SMILES string of the molecule is NC(=O)CC1CCN(C(=O)c2ccc(-n3cncn3)cc2)CC1. The van der Waals surface area contributed by atoms with Crippen LogP contribution in [-0.2, 0) is 4.79 Å². The van der Waals surface area contributed by atoms with E-state index in [1.165, 1.54) is 6.33 Å². The number of amides is 2. The number of hydrogen-bond acceptors (Lipinski definition) is 4. The predicted octanol–water partition coefficient (Wildman–Crippen LogP) is 0.995. The summed E-state index contributed by atoms with van der Waals surface area (Å²) in [6.07, 6.45) is 5.14. The molecule has 1 aromatic carbocycles. The van der Waals surface area contributed by atoms with E-state index in [2.05, 4.69) is 10.1 Å². The Balaban J connectivity index is 1.61. The Labute approximate surface area is 134 Å². The average molecular weight is 313 g/mol. The maximum absolute atomic E-state index is 12.5. The Morgan fingerprint density at radius 2 is 1.87 bits per heavy atom. The first-order chi connectivity index (χ1) is 11.1. The van der Waals surface area contributed by atoms with Crippen LogP contribution in [0, 0.1) is 5.92 Å². The molecule has 0 unspecified atom stereocenters. The van der Waals surface area contributed by atoms with Crippen molar-refractivity contribution < 1.29 is 9.59 Å². The lowest BCUT2D eigenvalue weighted by atomic mass is 9.93. The minimum Gasteiger partial charge on any atom is -0.370 e. The van der Waals surface area contributed by atoms with E-state index < -0.39 is 0 Å². The summed E-state index contributed by atoms with van der Waals surface area (Å²) in [5.41, 5.74) is 6.75. The molecule has 2 N–H and O–H groups in total. The van der Waals surface area contributed by atoms with Gasteiger partial charge in [0.05, 0.1) is 5.69 Å². The van der Waals surface area contributed by atoms with E-state index in [4.69, 9.17) is 5.73 Å². The number of piperidine rings is 1. The normalized spacial score (nSPS) is 15.6. The van der Waals surface area contributed by atoms with Gasteiger partial charge in [-0.25, -0.2) is 9.67 Å². The number of nitrogens with two attached hydrogens (primary N) is 1. The largest absolute Gasteiger partial charge is 0.370 e. The summed E-state index contributed by atoms with van der Waals surface area (Å²) in [5.74, 6) is 0.0531. The van der Waals surface area contributed by atoms with Crippen molar-refractivity contribution >= 4 is 11.8 Å². The van der Waals surface area contributed by atoms with Crippen LogP contribution < -0.4 is 5.73 Å². The fourth-order valence-electron chi connectivity index (χ4n) is 2.91. The van der Waals surface area contributed by atoms with Crippen molar-refractivity contribution in [2.24, 2.45) is 11.7 Å². The zero-order chi connectivity index (χ0) is 16.2. The van der Waals surface area contributed by atoms with Crippen LogP contribution in [0.2, 0.25) is 0 Å². The molecule has 1 fully saturated rings. The minimum atomic E-state index is -0.265. The molecule has 0 saturated carbocycles. The Hall–Kier alpha value is -2.70. The van der Waals surface area contributed by atoms with Gasteiger partial charge in [-0.3, -0.25) is 9.59 Å². The first-order valence-corrected chi connectivity index (χ1v) is 7.66. The molecule has 1 aromatic heterocycles. The third-order valence-electron chi connectivity index (χ3n) is 4.19. The van der Waals surface area contributed by atoms with Crippen LogP contribution in [-0.4, -0.2) is 44.6 Å². The summed E-state index contributed by atoms with van der Waals surface area (Å²) in [4.78, 5) is 29.2. The molecule has 2 heterocycles. The molecule has 2 aromatic rings. The molecular weight excluding hydrogens is 294 g/mol. The summed E-state index contributed by atoms with van der Waals surface area (Å²) >= 11 is 0. The Bertz CT molecular complexity index is 673. The predicted molar refractivity (Wildman–Crippen MR) is 83.8 cm³/mol. The van der Waals surface area contributed by atoms with Gasteiger partial charge >= 0.3 is 0 Å². The molecule has 2 amide bonds. The highest BCUT2D eigenvalue weighted by Crippen LogP contribution is 2.22. The zero-order valence-electron chi connectivity index (χ0n) is 12.8. The first-order valence-electron chi connectivity index (χ1n) is 7.66. The highest BCUT2D eigenvalue weighted by Gasteiger charge is 2.24. The number of benzene rings is 1. The highest BCUT2D eigenvalue weighted by molar-refractivity contribution is 5.94. The number of carbonyl (C=O) groups is 2. The van der Waals surface area contributed by atoms with Crippen molar-refractivity contribution in [3.8, 4) is 5.69 Å². The van der Waals surface area contributed by atoms with Gasteiger partial charge in [0.1, 0.15) is 12.7 Å². The van der Waals surface area contributed by atoms with Gasteiger partial charge in [-0.05, 0) is 43.0 Å². The third kappa shape index (κ3) is 3.56. The first kappa shape index (κ1) is 15.2. The molecule has 1 saturated heterocycles. The molecule has 120 valence electrons. The summed E-state index contributed by atoms with van der Waals surface area (Å²) < 4.78 is 1.64. The summed E-state index contributed by atoms with van der Waals surface area (Å²) in [6.45, 7) is 1.34. The van der Waals surface area contributed by atoms with Gasteiger partial charge in [0.25, 0.3) is 5.91 Å². The fourth-order valence-corrected chi connectivity index (χ4v) is 2.91. The van der Waals surface area contributed by atoms with Gasteiger partial charge in [0.15, 0.2) is 0 Å². The molecule has 0 atom stereocenters. The van der Waals surface area contributed by atoms with Crippen molar-refractivity contribution in [3.05, 3.63) is 42.5 Å². The van der Waals surface area contributed by atoms with E-state index in [1.54, 1.807) is 23.1 Å². The van der Waals surface area contributed by atoms with Gasteiger partial charge < -0.3 is 10.6 Å². The van der Waals surface area contributed by atoms with Gasteiger partial charge in [0, 0.05) is 25.1 Å². The van der Waals surface area contributed by atoms with E-state index in [9.17, 15) is 9.59 Å². The van der Waals surface area contributed by atoms with Crippen molar-refractivity contribution in [1.29, 1.82) is 0 Å². The smallest absolute Gasteiger partial charge is 0.253 e. The second-order valence-corrected chi connectivity index (χ2v) is 5.79. The van der Waals surface area contributed by atoms with Crippen molar-refractivity contribution in [1.82, 2.24) is 19.7 Å². The Kier molecular flexibility index (Phi) is 4.36. The van der Waals surface area contributed by atoms with Crippen LogP contribution in [0.3, 0.4) is 0 Å². The fraction of sp³-hybridized carbons (Fsp3) is 0.375. The van der Waals surface area contributed by atoms with Crippen molar-refractivity contribution in [2.75, 3.05) is 13.1 Å². The minimum absolute atomic E-state index is 0.0210. The van der Waals surface area contributed by atoms with E-state index in [0.717, 1.165) is 18.5 Å². The number of hydrogen-bond donors (Lipinski definition) is 1.